The zero-order valence-electron chi connectivity index (χ0n) is 17.3. The summed E-state index contributed by atoms with van der Waals surface area (Å²) in [6.45, 7) is 3.39. The molecule has 30 heavy (non-hydrogen) atoms. The van der Waals surface area contributed by atoms with E-state index in [1.54, 1.807) is 18.2 Å². The van der Waals surface area contributed by atoms with Crippen LogP contribution in [0, 0.1) is 0 Å². The van der Waals surface area contributed by atoms with Gasteiger partial charge < -0.3 is 14.8 Å². The molecule has 0 radical (unpaired) electrons. The zero-order chi connectivity index (χ0) is 21.6. The molecule has 8 heteroatoms. The first kappa shape index (κ1) is 22.3. The molecule has 0 aliphatic carbocycles. The van der Waals surface area contributed by atoms with Crippen molar-refractivity contribution in [3.8, 4) is 5.75 Å². The van der Waals surface area contributed by atoms with Crippen LogP contribution in [0.4, 0.5) is 0 Å². The Labute approximate surface area is 178 Å². The second kappa shape index (κ2) is 10.1. The molecule has 0 aromatic heterocycles. The fraction of sp³-hybridized carbons (Fsp3) is 0.409. The SMILES string of the molecule is COc1ccc(S(=O)(=O)N2CCOCC2)cc1CCC(=O)N[C@@H](C)c1ccccc1. The van der Waals surface area contributed by atoms with E-state index < -0.39 is 10.0 Å². The van der Waals surface area contributed by atoms with Crippen LogP contribution in [0.15, 0.2) is 53.4 Å². The highest BCUT2D eigenvalue weighted by atomic mass is 32.2. The fourth-order valence-corrected chi connectivity index (χ4v) is 4.89. The fourth-order valence-electron chi connectivity index (χ4n) is 3.43. The van der Waals surface area contributed by atoms with Gasteiger partial charge in [-0.25, -0.2) is 8.42 Å². The van der Waals surface area contributed by atoms with E-state index in [2.05, 4.69) is 5.32 Å². The third-order valence-electron chi connectivity index (χ3n) is 5.16. The van der Waals surface area contributed by atoms with E-state index in [4.69, 9.17) is 9.47 Å². The van der Waals surface area contributed by atoms with Crippen molar-refractivity contribution >= 4 is 15.9 Å². The average Bonchev–Trinajstić information content (AvgIpc) is 2.78. The highest BCUT2D eigenvalue weighted by Crippen LogP contribution is 2.26. The number of morpholine rings is 1. The van der Waals surface area contributed by atoms with E-state index in [9.17, 15) is 13.2 Å². The zero-order valence-corrected chi connectivity index (χ0v) is 18.2. The number of hydrogen-bond acceptors (Lipinski definition) is 5. The molecule has 2 aromatic rings. The quantitative estimate of drug-likeness (QED) is 0.693. The Morgan fingerprint density at radius 3 is 2.53 bits per heavy atom. The van der Waals surface area contributed by atoms with Gasteiger partial charge in [-0.2, -0.15) is 4.31 Å². The highest BCUT2D eigenvalue weighted by Gasteiger charge is 2.27. The van der Waals surface area contributed by atoms with Crippen molar-refractivity contribution in [3.63, 3.8) is 0 Å². The van der Waals surface area contributed by atoms with Crippen LogP contribution in [0.2, 0.25) is 0 Å². The van der Waals surface area contributed by atoms with Crippen molar-refractivity contribution in [1.29, 1.82) is 0 Å². The normalized spacial score (nSPS) is 16.1. The summed E-state index contributed by atoms with van der Waals surface area (Å²) in [6.07, 6.45) is 0.609. The minimum absolute atomic E-state index is 0.102. The molecule has 1 aliphatic rings. The smallest absolute Gasteiger partial charge is 0.243 e. The van der Waals surface area contributed by atoms with Gasteiger partial charge in [-0.1, -0.05) is 30.3 Å². The Morgan fingerprint density at radius 2 is 1.87 bits per heavy atom. The molecule has 1 amide bonds. The van der Waals surface area contributed by atoms with Crippen LogP contribution in [0.5, 0.6) is 5.75 Å². The Hall–Kier alpha value is -2.42. The van der Waals surface area contributed by atoms with Crippen molar-refractivity contribution in [1.82, 2.24) is 9.62 Å². The van der Waals surface area contributed by atoms with Gasteiger partial charge in [0.25, 0.3) is 0 Å². The third kappa shape index (κ3) is 5.38. The molecular weight excluding hydrogens is 404 g/mol. The molecule has 1 aliphatic heterocycles. The largest absolute Gasteiger partial charge is 0.496 e. The van der Waals surface area contributed by atoms with Crippen LogP contribution in [0.1, 0.15) is 30.5 Å². The second-order valence-corrected chi connectivity index (χ2v) is 9.13. The minimum atomic E-state index is -3.61. The Kier molecular flexibility index (Phi) is 7.47. The maximum atomic E-state index is 12.9. The lowest BCUT2D eigenvalue weighted by atomic mass is 10.1. The van der Waals surface area contributed by atoms with Crippen LogP contribution >= 0.6 is 0 Å². The van der Waals surface area contributed by atoms with Crippen molar-refractivity contribution in [2.24, 2.45) is 0 Å². The van der Waals surface area contributed by atoms with Crippen LogP contribution in [-0.4, -0.2) is 52.0 Å². The van der Waals surface area contributed by atoms with Crippen LogP contribution in [0.25, 0.3) is 0 Å². The van der Waals surface area contributed by atoms with Crippen LogP contribution in [0.3, 0.4) is 0 Å². The molecule has 0 unspecified atom stereocenters. The molecule has 162 valence electrons. The van der Waals surface area contributed by atoms with Crippen molar-refractivity contribution in [2.45, 2.75) is 30.7 Å². The topological polar surface area (TPSA) is 84.9 Å². The minimum Gasteiger partial charge on any atom is -0.496 e. The number of ether oxygens (including phenoxy) is 2. The maximum Gasteiger partial charge on any atom is 0.243 e. The Balaban J connectivity index is 1.69. The van der Waals surface area contributed by atoms with Crippen LogP contribution in [-0.2, 0) is 26.0 Å². The molecule has 1 atom stereocenters. The van der Waals surface area contributed by atoms with Gasteiger partial charge in [0, 0.05) is 19.5 Å². The number of nitrogens with zero attached hydrogens (tertiary/aromatic N) is 1. The van der Waals surface area contributed by atoms with E-state index in [1.807, 2.05) is 37.3 Å². The van der Waals surface area contributed by atoms with Gasteiger partial charge in [-0.05, 0) is 42.7 Å². The predicted molar refractivity (Wildman–Crippen MR) is 114 cm³/mol. The molecule has 0 saturated carbocycles. The van der Waals surface area contributed by atoms with E-state index >= 15 is 0 Å². The number of benzene rings is 2. The number of rotatable bonds is 8. The third-order valence-corrected chi connectivity index (χ3v) is 7.05. The predicted octanol–water partition coefficient (Wildman–Crippen LogP) is 2.53. The molecule has 1 heterocycles. The standard InChI is InChI=1S/C22H28N2O5S/c1-17(18-6-4-3-5-7-18)23-22(25)11-8-19-16-20(9-10-21(19)28-2)30(26,27)24-12-14-29-15-13-24/h3-7,9-10,16-17H,8,11-15H2,1-2H3,(H,23,25)/t17-/m0/s1. The van der Waals surface area contributed by atoms with Gasteiger partial charge in [-0.15, -0.1) is 0 Å². The molecule has 7 nitrogen and oxygen atoms in total. The van der Waals surface area contributed by atoms with Crippen molar-refractivity contribution in [3.05, 3.63) is 59.7 Å². The van der Waals surface area contributed by atoms with Crippen LogP contribution < -0.4 is 10.1 Å². The number of hydrogen-bond donors (Lipinski definition) is 1. The monoisotopic (exact) mass is 432 g/mol. The van der Waals surface area contributed by atoms with E-state index in [-0.39, 0.29) is 23.3 Å². The lowest BCUT2D eigenvalue weighted by molar-refractivity contribution is -0.121. The van der Waals surface area contributed by atoms with Gasteiger partial charge in [0.2, 0.25) is 15.9 Å². The summed E-state index contributed by atoms with van der Waals surface area (Å²) in [4.78, 5) is 12.6. The molecular formula is C22H28N2O5S. The average molecular weight is 433 g/mol. The maximum absolute atomic E-state index is 12.9. The summed E-state index contributed by atoms with van der Waals surface area (Å²) in [6, 6.07) is 14.4. The number of amides is 1. The first-order chi connectivity index (χ1) is 14.4. The summed E-state index contributed by atoms with van der Waals surface area (Å²) in [5.74, 6) is 0.467. The number of carbonyl (C=O) groups excluding carboxylic acids is 1. The molecule has 0 bridgehead atoms. The number of sulfonamides is 1. The van der Waals surface area contributed by atoms with E-state index in [0.29, 0.717) is 44.0 Å². The molecule has 1 fully saturated rings. The van der Waals surface area contributed by atoms with Crippen molar-refractivity contribution < 1.29 is 22.7 Å². The second-order valence-electron chi connectivity index (χ2n) is 7.19. The van der Waals surface area contributed by atoms with Gasteiger partial charge >= 0.3 is 0 Å². The number of carbonyl (C=O) groups is 1. The summed E-state index contributed by atoms with van der Waals surface area (Å²) < 4.78 is 37.9. The lowest BCUT2D eigenvalue weighted by Crippen LogP contribution is -2.40. The van der Waals surface area contributed by atoms with E-state index in [0.717, 1.165) is 5.56 Å². The first-order valence-electron chi connectivity index (χ1n) is 10.0. The van der Waals surface area contributed by atoms with E-state index in [1.165, 1.54) is 11.4 Å². The van der Waals surface area contributed by atoms with Gasteiger partial charge in [0.1, 0.15) is 5.75 Å². The molecule has 1 saturated heterocycles. The van der Waals surface area contributed by atoms with Gasteiger partial charge in [-0.3, -0.25) is 4.79 Å². The first-order valence-corrected chi connectivity index (χ1v) is 11.4. The van der Waals surface area contributed by atoms with Crippen molar-refractivity contribution in [2.75, 3.05) is 33.4 Å². The highest BCUT2D eigenvalue weighted by molar-refractivity contribution is 7.89. The summed E-state index contributed by atoms with van der Waals surface area (Å²) in [5.41, 5.74) is 1.72. The number of methoxy groups -OCH3 is 1. The summed E-state index contributed by atoms with van der Waals surface area (Å²) in [7, 11) is -2.07. The Bertz CT molecular complexity index is 957. The van der Waals surface area contributed by atoms with Gasteiger partial charge in [0.05, 0.1) is 31.3 Å². The molecule has 0 spiro atoms. The lowest BCUT2D eigenvalue weighted by Gasteiger charge is -2.26. The number of nitrogens with one attached hydrogen (secondary N) is 1. The summed E-state index contributed by atoms with van der Waals surface area (Å²) in [5, 5.41) is 2.98. The molecule has 3 rings (SSSR count). The summed E-state index contributed by atoms with van der Waals surface area (Å²) >= 11 is 0. The molecule has 2 aromatic carbocycles. The Morgan fingerprint density at radius 1 is 1.17 bits per heavy atom. The molecule has 1 N–H and O–H groups in total. The van der Waals surface area contributed by atoms with Gasteiger partial charge in [0.15, 0.2) is 0 Å². The number of aryl methyl sites for hydroxylation is 1.